The third-order valence-corrected chi connectivity index (χ3v) is 5.66. The number of aryl methyl sites for hydroxylation is 1. The molecule has 0 saturated heterocycles. The van der Waals surface area contributed by atoms with Gasteiger partial charge in [-0.2, -0.15) is 5.10 Å². The molecule has 1 unspecified atom stereocenters. The number of H-pyrrole nitrogens is 1. The van der Waals surface area contributed by atoms with Crippen LogP contribution in [0.1, 0.15) is 37.5 Å². The fourth-order valence-electron chi connectivity index (χ4n) is 3.99. The van der Waals surface area contributed by atoms with E-state index in [1.165, 1.54) is 11.8 Å². The predicted octanol–water partition coefficient (Wildman–Crippen LogP) is 2.25. The topological polar surface area (TPSA) is 117 Å². The van der Waals surface area contributed by atoms with Crippen molar-refractivity contribution in [2.24, 2.45) is 0 Å². The molecular weight excluding hydrogens is 396 g/mol. The first-order valence-electron chi connectivity index (χ1n) is 9.97. The van der Waals surface area contributed by atoms with Gasteiger partial charge in [-0.25, -0.2) is 4.98 Å². The largest absolute Gasteiger partial charge is 0.364 e. The average Bonchev–Trinajstić information content (AvgIpc) is 3.45. The number of nitrogens with zero attached hydrogens (tertiary/aromatic N) is 4. The quantitative estimate of drug-likeness (QED) is 0.527. The lowest BCUT2D eigenvalue weighted by molar-refractivity contribution is 0.0618. The van der Waals surface area contributed by atoms with Gasteiger partial charge in [-0.05, 0) is 30.5 Å². The predicted molar refractivity (Wildman–Crippen MR) is 111 cm³/mol. The second-order valence-corrected chi connectivity index (χ2v) is 7.61. The van der Waals surface area contributed by atoms with Crippen LogP contribution in [0.5, 0.6) is 0 Å². The van der Waals surface area contributed by atoms with Crippen molar-refractivity contribution in [2.75, 3.05) is 6.54 Å². The summed E-state index contributed by atoms with van der Waals surface area (Å²) in [4.78, 5) is 32.0. The lowest BCUT2D eigenvalue weighted by Crippen LogP contribution is -2.50. The van der Waals surface area contributed by atoms with Crippen molar-refractivity contribution in [1.82, 2.24) is 30.6 Å². The molecule has 0 saturated carbocycles. The van der Waals surface area contributed by atoms with Crippen molar-refractivity contribution in [2.45, 2.75) is 25.9 Å². The second-order valence-electron chi connectivity index (χ2n) is 7.61. The average molecular weight is 416 g/mol. The summed E-state index contributed by atoms with van der Waals surface area (Å²) < 4.78 is 4.97. The van der Waals surface area contributed by atoms with E-state index < -0.39 is 0 Å². The molecule has 31 heavy (non-hydrogen) atoms. The lowest BCUT2D eigenvalue weighted by atomic mass is 9.93. The number of aromatic nitrogens is 4. The number of fused-ring (bicyclic) bond motifs is 2. The van der Waals surface area contributed by atoms with Crippen LogP contribution in [0.3, 0.4) is 0 Å². The van der Waals surface area contributed by atoms with Gasteiger partial charge in [-0.15, -0.1) is 0 Å². The van der Waals surface area contributed by atoms with Gasteiger partial charge >= 0.3 is 0 Å². The smallest absolute Gasteiger partial charge is 0.276 e. The summed E-state index contributed by atoms with van der Waals surface area (Å²) in [6.07, 6.45) is 5.24. The minimum atomic E-state index is -0.238. The summed E-state index contributed by atoms with van der Waals surface area (Å²) in [6, 6.07) is 9.47. The first-order chi connectivity index (χ1) is 15.1. The van der Waals surface area contributed by atoms with Gasteiger partial charge in [0.1, 0.15) is 6.26 Å². The van der Waals surface area contributed by atoms with Crippen LogP contribution in [0.25, 0.3) is 11.0 Å². The Kier molecular flexibility index (Phi) is 4.70. The van der Waals surface area contributed by atoms with Crippen LogP contribution in [0.15, 0.2) is 53.5 Å². The van der Waals surface area contributed by atoms with Gasteiger partial charge in [0.15, 0.2) is 11.3 Å². The molecule has 3 aromatic heterocycles. The molecule has 156 valence electrons. The van der Waals surface area contributed by atoms with E-state index in [9.17, 15) is 9.59 Å². The van der Waals surface area contributed by atoms with Crippen molar-refractivity contribution in [3.63, 3.8) is 0 Å². The number of rotatable bonds is 4. The molecule has 2 N–H and O–H groups in total. The Morgan fingerprint density at radius 2 is 2.10 bits per heavy atom. The number of carbonyl (C=O) groups is 2. The highest BCUT2D eigenvalue weighted by Gasteiger charge is 2.32. The van der Waals surface area contributed by atoms with Crippen LogP contribution in [-0.4, -0.2) is 49.6 Å². The molecule has 2 amide bonds. The summed E-state index contributed by atoms with van der Waals surface area (Å²) in [7, 11) is 0. The standard InChI is InChI=1S/C22H20N6O3/c1-13-12-31-27-19(13)22(30)28-11-15-5-3-2-4-14(15)8-16(28)9-24-21(29)17-6-7-23-20-18(17)10-25-26-20/h2-7,10,12,16H,8-9,11H2,1H3,(H,24,29)(H,23,25,26). The number of carbonyl (C=O) groups excluding carboxylic acids is 2. The van der Waals surface area contributed by atoms with Crippen molar-refractivity contribution >= 4 is 22.8 Å². The number of hydrogen-bond acceptors (Lipinski definition) is 6. The molecule has 0 aliphatic carbocycles. The zero-order valence-corrected chi connectivity index (χ0v) is 16.8. The molecule has 9 heteroatoms. The highest BCUT2D eigenvalue weighted by Crippen LogP contribution is 2.25. The molecule has 5 rings (SSSR count). The zero-order chi connectivity index (χ0) is 21.4. The van der Waals surface area contributed by atoms with Crippen LogP contribution < -0.4 is 5.32 Å². The Hall–Kier alpha value is -4.01. The molecule has 9 nitrogen and oxygen atoms in total. The maximum Gasteiger partial charge on any atom is 0.276 e. The van der Waals surface area contributed by atoms with Crippen LogP contribution in [0, 0.1) is 6.92 Å². The van der Waals surface area contributed by atoms with Crippen molar-refractivity contribution < 1.29 is 14.1 Å². The summed E-state index contributed by atoms with van der Waals surface area (Å²) in [5.74, 6) is -0.446. The Labute approximate surface area is 177 Å². The highest BCUT2D eigenvalue weighted by molar-refractivity contribution is 6.05. The normalized spacial score (nSPS) is 15.6. The number of nitrogens with one attached hydrogen (secondary N) is 2. The summed E-state index contributed by atoms with van der Waals surface area (Å²) in [5, 5.41) is 14.2. The second kappa shape index (κ2) is 7.67. The molecule has 1 aliphatic rings. The van der Waals surface area contributed by atoms with E-state index in [-0.39, 0.29) is 17.9 Å². The molecular formula is C22H20N6O3. The number of amides is 2. The summed E-state index contributed by atoms with van der Waals surface area (Å²) >= 11 is 0. The minimum Gasteiger partial charge on any atom is -0.364 e. The van der Waals surface area contributed by atoms with E-state index in [1.807, 2.05) is 18.2 Å². The fourth-order valence-corrected chi connectivity index (χ4v) is 3.99. The molecule has 1 atom stereocenters. The van der Waals surface area contributed by atoms with Gasteiger partial charge in [-0.3, -0.25) is 14.7 Å². The Balaban J connectivity index is 1.40. The van der Waals surface area contributed by atoms with Crippen LogP contribution in [-0.2, 0) is 13.0 Å². The van der Waals surface area contributed by atoms with E-state index in [2.05, 4.69) is 31.7 Å². The molecule has 4 heterocycles. The fraction of sp³-hybridized carbons (Fsp3) is 0.227. The molecule has 0 fully saturated rings. The first kappa shape index (κ1) is 19.0. The van der Waals surface area contributed by atoms with E-state index in [0.29, 0.717) is 47.4 Å². The van der Waals surface area contributed by atoms with Crippen molar-refractivity contribution in [3.05, 3.63) is 76.9 Å². The van der Waals surface area contributed by atoms with Crippen LogP contribution in [0.4, 0.5) is 0 Å². The van der Waals surface area contributed by atoms with E-state index in [4.69, 9.17) is 4.52 Å². The van der Waals surface area contributed by atoms with E-state index in [0.717, 1.165) is 5.56 Å². The van der Waals surface area contributed by atoms with Crippen molar-refractivity contribution in [3.8, 4) is 0 Å². The first-order valence-corrected chi connectivity index (χ1v) is 9.97. The van der Waals surface area contributed by atoms with Gasteiger partial charge in [-0.1, -0.05) is 29.4 Å². The van der Waals surface area contributed by atoms with E-state index in [1.54, 1.807) is 30.3 Å². The number of benzene rings is 1. The van der Waals surface area contributed by atoms with Gasteiger partial charge < -0.3 is 14.7 Å². The van der Waals surface area contributed by atoms with Crippen LogP contribution in [0.2, 0.25) is 0 Å². The SMILES string of the molecule is Cc1conc1C(=O)N1Cc2ccccc2CC1CNC(=O)c1ccnc2[nH]ncc12. The Morgan fingerprint density at radius 1 is 1.26 bits per heavy atom. The maximum absolute atomic E-state index is 13.2. The number of hydrogen-bond donors (Lipinski definition) is 2. The monoisotopic (exact) mass is 416 g/mol. The Bertz CT molecular complexity index is 1280. The molecule has 4 aromatic rings. The summed E-state index contributed by atoms with van der Waals surface area (Å²) in [6.45, 7) is 2.54. The van der Waals surface area contributed by atoms with Gasteiger partial charge in [0.2, 0.25) is 0 Å². The molecule has 0 bridgehead atoms. The minimum absolute atomic E-state index is 0.207. The van der Waals surface area contributed by atoms with Gasteiger partial charge in [0, 0.05) is 24.8 Å². The molecule has 0 radical (unpaired) electrons. The Morgan fingerprint density at radius 3 is 2.90 bits per heavy atom. The lowest BCUT2D eigenvalue weighted by Gasteiger charge is -2.36. The summed E-state index contributed by atoms with van der Waals surface area (Å²) in [5.41, 5.74) is 4.28. The molecule has 1 aromatic carbocycles. The zero-order valence-electron chi connectivity index (χ0n) is 16.8. The third-order valence-electron chi connectivity index (χ3n) is 5.66. The van der Waals surface area contributed by atoms with Gasteiger partial charge in [0.05, 0.1) is 23.2 Å². The van der Waals surface area contributed by atoms with Crippen LogP contribution >= 0.6 is 0 Å². The maximum atomic E-state index is 13.2. The molecule has 1 aliphatic heterocycles. The van der Waals surface area contributed by atoms with E-state index >= 15 is 0 Å². The molecule has 0 spiro atoms. The number of aromatic amines is 1. The number of pyridine rings is 1. The third kappa shape index (κ3) is 3.43. The highest BCUT2D eigenvalue weighted by atomic mass is 16.5. The van der Waals surface area contributed by atoms with Gasteiger partial charge in [0.25, 0.3) is 11.8 Å². The van der Waals surface area contributed by atoms with Crippen molar-refractivity contribution in [1.29, 1.82) is 0 Å².